The van der Waals surface area contributed by atoms with Gasteiger partial charge in [-0.1, -0.05) is 6.07 Å². The van der Waals surface area contributed by atoms with Crippen LogP contribution in [0.4, 0.5) is 10.5 Å². The van der Waals surface area contributed by atoms with Crippen LogP contribution in [0.25, 0.3) is 0 Å². The van der Waals surface area contributed by atoms with Gasteiger partial charge < -0.3 is 15.1 Å². The molecule has 0 bridgehead atoms. The molecule has 2 aromatic carbocycles. The Morgan fingerprint density at radius 2 is 1.50 bits per heavy atom. The second-order valence-electron chi connectivity index (χ2n) is 8.35. The van der Waals surface area contributed by atoms with Crippen LogP contribution in [-0.4, -0.2) is 59.5 Å². The summed E-state index contributed by atoms with van der Waals surface area (Å²) in [5.41, 5.74) is 3.52. The summed E-state index contributed by atoms with van der Waals surface area (Å²) >= 11 is 0. The van der Waals surface area contributed by atoms with Gasteiger partial charge in [0.25, 0.3) is 5.91 Å². The molecule has 0 spiro atoms. The molecule has 1 N–H and O–H groups in total. The molecule has 7 nitrogen and oxygen atoms in total. The second-order valence-corrected chi connectivity index (χ2v) is 8.35. The van der Waals surface area contributed by atoms with E-state index in [-0.39, 0.29) is 23.5 Å². The van der Waals surface area contributed by atoms with Gasteiger partial charge in [-0.2, -0.15) is 0 Å². The van der Waals surface area contributed by atoms with E-state index in [1.165, 1.54) is 6.92 Å². The fourth-order valence-electron chi connectivity index (χ4n) is 4.28. The van der Waals surface area contributed by atoms with Gasteiger partial charge in [-0.3, -0.25) is 14.4 Å². The number of nitrogens with zero attached hydrogens (tertiary/aromatic N) is 2. The van der Waals surface area contributed by atoms with Gasteiger partial charge in [0.15, 0.2) is 11.6 Å². The van der Waals surface area contributed by atoms with Crippen LogP contribution in [0.3, 0.4) is 0 Å². The van der Waals surface area contributed by atoms with Crippen molar-refractivity contribution in [2.75, 3.05) is 31.5 Å². The SMILES string of the molecule is CC(=O)c1ccc(NC(=O)N2CCCN(C(=O)c3ccc4c(c3)CCCC4=O)CC2)cc1. The molecule has 32 heavy (non-hydrogen) atoms. The number of benzene rings is 2. The zero-order valence-electron chi connectivity index (χ0n) is 18.2. The third kappa shape index (κ3) is 4.72. The van der Waals surface area contributed by atoms with Crippen molar-refractivity contribution in [1.29, 1.82) is 0 Å². The number of nitrogens with one attached hydrogen (secondary N) is 1. The van der Waals surface area contributed by atoms with E-state index in [1.807, 2.05) is 6.07 Å². The fourth-order valence-corrected chi connectivity index (χ4v) is 4.28. The summed E-state index contributed by atoms with van der Waals surface area (Å²) in [5, 5.41) is 2.86. The number of rotatable bonds is 3. The molecule has 7 heteroatoms. The molecule has 2 aliphatic rings. The minimum atomic E-state index is -0.220. The topological polar surface area (TPSA) is 86.8 Å². The first-order chi connectivity index (χ1) is 15.4. The Balaban J connectivity index is 1.37. The van der Waals surface area contributed by atoms with Crippen molar-refractivity contribution in [3.05, 3.63) is 64.7 Å². The van der Waals surface area contributed by atoms with Gasteiger partial charge in [-0.25, -0.2) is 4.79 Å². The normalized spacial score (nSPS) is 16.2. The summed E-state index contributed by atoms with van der Waals surface area (Å²) in [5.74, 6) is 0.0659. The van der Waals surface area contributed by atoms with E-state index < -0.39 is 0 Å². The van der Waals surface area contributed by atoms with Gasteiger partial charge >= 0.3 is 6.03 Å². The fraction of sp³-hybridized carbons (Fsp3) is 0.360. The van der Waals surface area contributed by atoms with Gasteiger partial charge in [0.2, 0.25) is 0 Å². The maximum atomic E-state index is 13.1. The molecule has 0 saturated carbocycles. The molecular weight excluding hydrogens is 406 g/mol. The van der Waals surface area contributed by atoms with Crippen molar-refractivity contribution in [3.8, 4) is 0 Å². The van der Waals surface area contributed by atoms with E-state index in [9.17, 15) is 19.2 Å². The minimum Gasteiger partial charge on any atom is -0.337 e. The number of hydrogen-bond acceptors (Lipinski definition) is 4. The first-order valence-corrected chi connectivity index (χ1v) is 11.0. The number of anilines is 1. The third-order valence-corrected chi connectivity index (χ3v) is 6.12. The average molecular weight is 434 g/mol. The Bertz CT molecular complexity index is 1060. The Morgan fingerprint density at radius 3 is 2.25 bits per heavy atom. The summed E-state index contributed by atoms with van der Waals surface area (Å²) < 4.78 is 0. The van der Waals surface area contributed by atoms with Gasteiger partial charge in [0.05, 0.1) is 0 Å². The standard InChI is InChI=1S/C25H27N3O4/c1-17(29)18-6-9-21(10-7-18)26-25(32)28-13-3-12-27(14-15-28)24(31)20-8-11-22-19(16-20)4-2-5-23(22)30/h6-11,16H,2-5,12-15H2,1H3,(H,26,32). The van der Waals surface area contributed by atoms with Crippen LogP contribution in [0.5, 0.6) is 0 Å². The molecule has 1 aliphatic heterocycles. The minimum absolute atomic E-state index is 0.0225. The van der Waals surface area contributed by atoms with E-state index in [0.717, 1.165) is 24.0 Å². The summed E-state index contributed by atoms with van der Waals surface area (Å²) in [6.07, 6.45) is 2.91. The quantitative estimate of drug-likeness (QED) is 0.746. The highest BCUT2D eigenvalue weighted by Crippen LogP contribution is 2.23. The maximum Gasteiger partial charge on any atom is 0.321 e. The number of aryl methyl sites for hydroxylation is 1. The molecule has 4 rings (SSSR count). The molecule has 0 aromatic heterocycles. The molecule has 1 saturated heterocycles. The van der Waals surface area contributed by atoms with E-state index >= 15 is 0 Å². The summed E-state index contributed by atoms with van der Waals surface area (Å²) in [7, 11) is 0. The zero-order chi connectivity index (χ0) is 22.7. The first-order valence-electron chi connectivity index (χ1n) is 11.0. The van der Waals surface area contributed by atoms with E-state index in [0.29, 0.717) is 55.8 Å². The Morgan fingerprint density at radius 1 is 0.812 bits per heavy atom. The highest BCUT2D eigenvalue weighted by atomic mass is 16.2. The van der Waals surface area contributed by atoms with Crippen LogP contribution in [0.1, 0.15) is 62.8 Å². The summed E-state index contributed by atoms with van der Waals surface area (Å²) in [6.45, 7) is 3.52. The number of fused-ring (bicyclic) bond motifs is 1. The van der Waals surface area contributed by atoms with Gasteiger partial charge in [0.1, 0.15) is 0 Å². The van der Waals surface area contributed by atoms with Crippen molar-refractivity contribution in [2.45, 2.75) is 32.6 Å². The number of Topliss-reactive ketones (excluding diaryl/α,β-unsaturated/α-hetero) is 2. The second kappa shape index (κ2) is 9.34. The Labute approximate surface area is 187 Å². The Hall–Kier alpha value is -3.48. The van der Waals surface area contributed by atoms with Gasteiger partial charge in [-0.05, 0) is 68.1 Å². The Kier molecular flexibility index (Phi) is 6.35. The van der Waals surface area contributed by atoms with Crippen molar-refractivity contribution in [2.24, 2.45) is 0 Å². The average Bonchev–Trinajstić information content (AvgIpc) is 3.05. The van der Waals surface area contributed by atoms with Crippen LogP contribution in [0, 0.1) is 0 Å². The largest absolute Gasteiger partial charge is 0.337 e. The molecule has 0 radical (unpaired) electrons. The number of ketones is 2. The lowest BCUT2D eigenvalue weighted by molar-refractivity contribution is 0.0761. The molecule has 0 unspecified atom stereocenters. The summed E-state index contributed by atoms with van der Waals surface area (Å²) in [4.78, 5) is 52.7. The molecule has 1 fully saturated rings. The van der Waals surface area contributed by atoms with Crippen LogP contribution >= 0.6 is 0 Å². The zero-order valence-corrected chi connectivity index (χ0v) is 18.2. The van der Waals surface area contributed by atoms with E-state index in [2.05, 4.69) is 5.32 Å². The first kappa shape index (κ1) is 21.7. The maximum absolute atomic E-state index is 13.1. The van der Waals surface area contributed by atoms with E-state index in [4.69, 9.17) is 0 Å². The van der Waals surface area contributed by atoms with Crippen LogP contribution < -0.4 is 5.32 Å². The third-order valence-electron chi connectivity index (χ3n) is 6.12. The van der Waals surface area contributed by atoms with Crippen molar-refractivity contribution < 1.29 is 19.2 Å². The van der Waals surface area contributed by atoms with Crippen LogP contribution in [0.2, 0.25) is 0 Å². The monoisotopic (exact) mass is 433 g/mol. The predicted octanol–water partition coefficient (Wildman–Crippen LogP) is 3.79. The number of hydrogen-bond donors (Lipinski definition) is 1. The number of carbonyl (C=O) groups excluding carboxylic acids is 4. The lowest BCUT2D eigenvalue weighted by Gasteiger charge is -2.23. The highest BCUT2D eigenvalue weighted by Gasteiger charge is 2.25. The number of amides is 3. The molecule has 0 atom stereocenters. The smallest absolute Gasteiger partial charge is 0.321 e. The number of carbonyl (C=O) groups is 4. The molecule has 1 aliphatic carbocycles. The predicted molar refractivity (Wildman–Crippen MR) is 121 cm³/mol. The highest BCUT2D eigenvalue weighted by molar-refractivity contribution is 6.01. The van der Waals surface area contributed by atoms with Crippen LogP contribution in [-0.2, 0) is 6.42 Å². The molecule has 166 valence electrons. The van der Waals surface area contributed by atoms with E-state index in [1.54, 1.807) is 46.2 Å². The van der Waals surface area contributed by atoms with Gasteiger partial charge in [-0.15, -0.1) is 0 Å². The molecule has 3 amide bonds. The summed E-state index contributed by atoms with van der Waals surface area (Å²) in [6, 6.07) is 12.0. The molecular formula is C25H27N3O4. The number of urea groups is 1. The lowest BCUT2D eigenvalue weighted by Crippen LogP contribution is -2.39. The molecule has 1 heterocycles. The molecule has 2 aromatic rings. The van der Waals surface area contributed by atoms with Gasteiger partial charge in [0, 0.05) is 55.0 Å². The van der Waals surface area contributed by atoms with Crippen molar-refractivity contribution in [3.63, 3.8) is 0 Å². The van der Waals surface area contributed by atoms with Crippen molar-refractivity contribution >= 4 is 29.2 Å². The lowest BCUT2D eigenvalue weighted by atomic mass is 9.89. The van der Waals surface area contributed by atoms with Crippen molar-refractivity contribution in [1.82, 2.24) is 9.80 Å². The van der Waals surface area contributed by atoms with Crippen LogP contribution in [0.15, 0.2) is 42.5 Å².